The third kappa shape index (κ3) is 5.01. The number of nitrogens with one attached hydrogen (secondary N) is 1. The number of carbonyl (C=O) groups is 1. The topological polar surface area (TPSA) is 75.3 Å². The molecule has 0 aliphatic rings. The lowest BCUT2D eigenvalue weighted by molar-refractivity contribution is -0.138. The fraction of sp³-hybridized carbons (Fsp3) is 0.357. The van der Waals surface area contributed by atoms with Crippen molar-refractivity contribution in [1.82, 2.24) is 0 Å². The van der Waals surface area contributed by atoms with Gasteiger partial charge in [-0.2, -0.15) is 0 Å². The highest BCUT2D eigenvalue weighted by Crippen LogP contribution is 2.11. The van der Waals surface area contributed by atoms with Crippen LogP contribution in [-0.4, -0.2) is 23.7 Å². The molecule has 98 valence electrons. The molecule has 4 heteroatoms. The summed E-state index contributed by atoms with van der Waals surface area (Å²) in [7, 11) is 0. The highest BCUT2D eigenvalue weighted by Gasteiger charge is 2.11. The van der Waals surface area contributed by atoms with Crippen molar-refractivity contribution in [1.29, 1.82) is 0 Å². The first-order valence-electron chi connectivity index (χ1n) is 6.05. The molecule has 1 rings (SSSR count). The first-order chi connectivity index (χ1) is 8.63. The van der Waals surface area contributed by atoms with Crippen LogP contribution in [-0.2, 0) is 11.2 Å². The van der Waals surface area contributed by atoms with Gasteiger partial charge in [0.2, 0.25) is 0 Å². The van der Waals surface area contributed by atoms with Crippen LogP contribution in [0.25, 0.3) is 0 Å². The molecule has 0 amide bonds. The summed E-state index contributed by atoms with van der Waals surface area (Å²) < 4.78 is 0. The molecular weight excluding hydrogens is 228 g/mol. The van der Waals surface area contributed by atoms with Gasteiger partial charge in [-0.05, 0) is 37.0 Å². The first kappa shape index (κ1) is 14.3. The molecule has 18 heavy (non-hydrogen) atoms. The highest BCUT2D eigenvalue weighted by molar-refractivity contribution is 5.73. The van der Waals surface area contributed by atoms with E-state index in [1.165, 1.54) is 0 Å². The van der Waals surface area contributed by atoms with Crippen LogP contribution in [0, 0.1) is 0 Å². The summed E-state index contributed by atoms with van der Waals surface area (Å²) in [4.78, 5) is 10.6. The minimum absolute atomic E-state index is 0.353. The van der Waals surface area contributed by atoms with Crippen LogP contribution < -0.4 is 11.1 Å². The molecule has 0 saturated heterocycles. The number of rotatable bonds is 8. The summed E-state index contributed by atoms with van der Waals surface area (Å²) in [5.41, 5.74) is 7.44. The SMILES string of the molecule is C=CCCCNc1ccc(C[C@H](N)C(=O)O)cc1. The number of hydrogen-bond acceptors (Lipinski definition) is 3. The van der Waals surface area contributed by atoms with E-state index in [1.807, 2.05) is 30.3 Å². The molecule has 0 spiro atoms. The Morgan fingerprint density at radius 3 is 2.67 bits per heavy atom. The quantitative estimate of drug-likeness (QED) is 0.486. The van der Waals surface area contributed by atoms with Gasteiger partial charge in [-0.25, -0.2) is 0 Å². The van der Waals surface area contributed by atoms with Crippen molar-refractivity contribution in [2.45, 2.75) is 25.3 Å². The number of nitrogens with two attached hydrogens (primary N) is 1. The van der Waals surface area contributed by atoms with Crippen LogP contribution in [0.5, 0.6) is 0 Å². The second-order valence-corrected chi connectivity index (χ2v) is 4.20. The van der Waals surface area contributed by atoms with E-state index in [4.69, 9.17) is 10.8 Å². The molecule has 1 atom stereocenters. The van der Waals surface area contributed by atoms with Gasteiger partial charge in [-0.15, -0.1) is 6.58 Å². The van der Waals surface area contributed by atoms with Gasteiger partial charge in [0.15, 0.2) is 0 Å². The summed E-state index contributed by atoms with van der Waals surface area (Å²) >= 11 is 0. The molecule has 0 aromatic heterocycles. The van der Waals surface area contributed by atoms with Gasteiger partial charge < -0.3 is 16.2 Å². The Morgan fingerprint density at radius 2 is 2.11 bits per heavy atom. The Labute approximate surface area is 108 Å². The van der Waals surface area contributed by atoms with Crippen molar-refractivity contribution in [2.75, 3.05) is 11.9 Å². The summed E-state index contributed by atoms with van der Waals surface area (Å²) in [6, 6.07) is 6.85. The third-order valence-electron chi connectivity index (χ3n) is 2.64. The average molecular weight is 248 g/mol. The fourth-order valence-corrected chi connectivity index (χ4v) is 1.58. The smallest absolute Gasteiger partial charge is 0.320 e. The number of benzene rings is 1. The monoisotopic (exact) mass is 248 g/mol. The van der Waals surface area contributed by atoms with E-state index in [9.17, 15) is 4.79 Å². The third-order valence-corrected chi connectivity index (χ3v) is 2.64. The molecule has 0 aliphatic carbocycles. The predicted octanol–water partition coefficient (Wildman–Crippen LogP) is 2.02. The molecular formula is C14H20N2O2. The molecule has 0 aliphatic heterocycles. The van der Waals surface area contributed by atoms with E-state index in [-0.39, 0.29) is 0 Å². The zero-order chi connectivity index (χ0) is 13.4. The van der Waals surface area contributed by atoms with Crippen molar-refractivity contribution < 1.29 is 9.90 Å². The Bertz CT molecular complexity index is 387. The van der Waals surface area contributed by atoms with Crippen molar-refractivity contribution >= 4 is 11.7 Å². The van der Waals surface area contributed by atoms with Crippen molar-refractivity contribution in [2.24, 2.45) is 5.73 Å². The number of carboxylic acid groups (broad SMARTS) is 1. The Balaban J connectivity index is 2.42. The van der Waals surface area contributed by atoms with Crippen molar-refractivity contribution in [3.8, 4) is 0 Å². The Morgan fingerprint density at radius 1 is 1.44 bits per heavy atom. The standard InChI is InChI=1S/C14H20N2O2/c1-2-3-4-9-16-12-7-5-11(6-8-12)10-13(15)14(17)18/h2,5-8,13,16H,1,3-4,9-10,15H2,(H,17,18)/t13-/m0/s1. The van der Waals surface area contributed by atoms with Crippen LogP contribution in [0.4, 0.5) is 5.69 Å². The summed E-state index contributed by atoms with van der Waals surface area (Å²) in [5.74, 6) is -0.971. The molecule has 0 fully saturated rings. The molecule has 0 unspecified atom stereocenters. The number of allylic oxidation sites excluding steroid dienone is 1. The van der Waals surface area contributed by atoms with Crippen LogP contribution in [0.2, 0.25) is 0 Å². The van der Waals surface area contributed by atoms with Crippen LogP contribution >= 0.6 is 0 Å². The average Bonchev–Trinajstić information content (AvgIpc) is 2.36. The normalized spacial score (nSPS) is 11.8. The van der Waals surface area contributed by atoms with Crippen molar-refractivity contribution in [3.63, 3.8) is 0 Å². The predicted molar refractivity (Wildman–Crippen MR) is 73.7 cm³/mol. The highest BCUT2D eigenvalue weighted by atomic mass is 16.4. The lowest BCUT2D eigenvalue weighted by atomic mass is 10.1. The summed E-state index contributed by atoms with van der Waals surface area (Å²) in [5, 5.41) is 12.0. The van der Waals surface area contributed by atoms with Crippen LogP contribution in [0.1, 0.15) is 18.4 Å². The fourth-order valence-electron chi connectivity index (χ4n) is 1.58. The zero-order valence-electron chi connectivity index (χ0n) is 10.4. The number of hydrogen-bond donors (Lipinski definition) is 3. The number of carboxylic acids is 1. The minimum Gasteiger partial charge on any atom is -0.480 e. The minimum atomic E-state index is -0.971. The summed E-state index contributed by atoms with van der Waals surface area (Å²) in [6.45, 7) is 4.57. The molecule has 0 bridgehead atoms. The van der Waals surface area contributed by atoms with Crippen molar-refractivity contribution in [3.05, 3.63) is 42.5 Å². The van der Waals surface area contributed by atoms with Gasteiger partial charge in [0.1, 0.15) is 6.04 Å². The van der Waals surface area contributed by atoms with Gasteiger partial charge in [-0.1, -0.05) is 18.2 Å². The maximum absolute atomic E-state index is 10.6. The lowest BCUT2D eigenvalue weighted by Crippen LogP contribution is -2.32. The van der Waals surface area contributed by atoms with E-state index in [0.717, 1.165) is 30.6 Å². The molecule has 1 aromatic carbocycles. The van der Waals surface area contributed by atoms with E-state index in [1.54, 1.807) is 0 Å². The van der Waals surface area contributed by atoms with Gasteiger partial charge in [0.05, 0.1) is 0 Å². The maximum Gasteiger partial charge on any atom is 0.320 e. The molecule has 4 N–H and O–H groups in total. The largest absolute Gasteiger partial charge is 0.480 e. The van der Waals surface area contributed by atoms with E-state index >= 15 is 0 Å². The Hall–Kier alpha value is -1.81. The molecule has 0 radical (unpaired) electrons. The Kier molecular flexibility index (Phi) is 5.94. The lowest BCUT2D eigenvalue weighted by Gasteiger charge is -2.09. The molecule has 4 nitrogen and oxygen atoms in total. The first-order valence-corrected chi connectivity index (χ1v) is 6.05. The van der Waals surface area contributed by atoms with Gasteiger partial charge in [-0.3, -0.25) is 4.79 Å². The van der Waals surface area contributed by atoms with Gasteiger partial charge >= 0.3 is 5.97 Å². The molecule has 0 heterocycles. The van der Waals surface area contributed by atoms with Crippen LogP contribution in [0.3, 0.4) is 0 Å². The second kappa shape index (κ2) is 7.50. The summed E-state index contributed by atoms with van der Waals surface area (Å²) in [6.07, 6.45) is 4.30. The van der Waals surface area contributed by atoms with Gasteiger partial charge in [0, 0.05) is 12.2 Å². The van der Waals surface area contributed by atoms with Gasteiger partial charge in [0.25, 0.3) is 0 Å². The number of anilines is 1. The van der Waals surface area contributed by atoms with E-state index < -0.39 is 12.0 Å². The maximum atomic E-state index is 10.6. The van der Waals surface area contributed by atoms with E-state index in [2.05, 4.69) is 11.9 Å². The van der Waals surface area contributed by atoms with E-state index in [0.29, 0.717) is 6.42 Å². The second-order valence-electron chi connectivity index (χ2n) is 4.20. The molecule has 1 aromatic rings. The number of aliphatic carboxylic acids is 1. The number of unbranched alkanes of at least 4 members (excludes halogenated alkanes) is 1. The molecule has 0 saturated carbocycles. The van der Waals surface area contributed by atoms with Crippen LogP contribution in [0.15, 0.2) is 36.9 Å². The zero-order valence-corrected chi connectivity index (χ0v) is 10.4.